The molecule has 0 saturated heterocycles. The van der Waals surface area contributed by atoms with Crippen LogP contribution in [0.4, 0.5) is 4.79 Å². The maximum atomic E-state index is 11.7. The molecule has 0 aliphatic carbocycles. The lowest BCUT2D eigenvalue weighted by Crippen LogP contribution is -2.51. The zero-order valence-electron chi connectivity index (χ0n) is 11.0. The molecule has 0 aromatic heterocycles. The molecule has 0 bridgehead atoms. The van der Waals surface area contributed by atoms with E-state index in [1.54, 1.807) is 6.92 Å². The van der Waals surface area contributed by atoms with Crippen LogP contribution < -0.4 is 10.6 Å². The summed E-state index contributed by atoms with van der Waals surface area (Å²) in [6, 6.07) is -0.737. The third-order valence-electron chi connectivity index (χ3n) is 2.58. The van der Waals surface area contributed by atoms with Crippen molar-refractivity contribution < 1.29 is 14.7 Å². The number of nitrogens with one attached hydrogen (secondary N) is 2. The summed E-state index contributed by atoms with van der Waals surface area (Å²) in [7, 11) is 1.46. The van der Waals surface area contributed by atoms with Gasteiger partial charge in [0.1, 0.15) is 0 Å². The molecule has 1 atom stereocenters. The number of hydrogen-bond acceptors (Lipinski definition) is 4. The number of urea groups is 1. The second-order valence-corrected chi connectivity index (χ2v) is 4.15. The minimum atomic E-state index is -0.507. The van der Waals surface area contributed by atoms with Gasteiger partial charge in [0.2, 0.25) is 5.91 Å². The molecule has 1 unspecified atom stereocenters. The Labute approximate surface area is 102 Å². The molecule has 0 fully saturated rings. The number of rotatable bonds is 6. The van der Waals surface area contributed by atoms with Crippen LogP contribution in [0.15, 0.2) is 0 Å². The molecule has 3 amide bonds. The molecule has 0 heterocycles. The Morgan fingerprint density at radius 1 is 1.29 bits per heavy atom. The number of nitrogens with zero attached hydrogens (tertiary/aromatic N) is 1. The molecule has 0 aliphatic rings. The van der Waals surface area contributed by atoms with E-state index in [-0.39, 0.29) is 18.6 Å². The third kappa shape index (κ3) is 5.65. The Morgan fingerprint density at radius 3 is 2.29 bits per heavy atom. The maximum absolute atomic E-state index is 11.7. The Kier molecular flexibility index (Phi) is 7.49. The summed E-state index contributed by atoms with van der Waals surface area (Å²) >= 11 is 0. The smallest absolute Gasteiger partial charge is 0.321 e. The van der Waals surface area contributed by atoms with Crippen molar-refractivity contribution in [2.45, 2.75) is 39.3 Å². The summed E-state index contributed by atoms with van der Waals surface area (Å²) in [4.78, 5) is 24.7. The molecule has 0 saturated carbocycles. The van der Waals surface area contributed by atoms with E-state index in [9.17, 15) is 9.59 Å². The highest BCUT2D eigenvalue weighted by Gasteiger charge is 2.24. The molecule has 100 valence electrons. The first kappa shape index (κ1) is 15.9. The summed E-state index contributed by atoms with van der Waals surface area (Å²) in [6.07, 6.45) is 0.607. The third-order valence-corrected chi connectivity index (χ3v) is 2.58. The van der Waals surface area contributed by atoms with Gasteiger partial charge >= 0.3 is 6.03 Å². The Bertz CT molecular complexity index is 256. The minimum Gasteiger partial charge on any atom is -0.396 e. The van der Waals surface area contributed by atoms with Crippen molar-refractivity contribution in [2.75, 3.05) is 20.2 Å². The van der Waals surface area contributed by atoms with Crippen molar-refractivity contribution in [3.05, 3.63) is 0 Å². The highest BCUT2D eigenvalue weighted by atomic mass is 16.3. The van der Waals surface area contributed by atoms with E-state index >= 15 is 0 Å². The lowest BCUT2D eigenvalue weighted by molar-refractivity contribution is -0.125. The number of hydrogen-bond donors (Lipinski definition) is 3. The van der Waals surface area contributed by atoms with Crippen LogP contribution in [-0.4, -0.2) is 54.2 Å². The second kappa shape index (κ2) is 8.03. The summed E-state index contributed by atoms with van der Waals surface area (Å²) < 4.78 is 0. The van der Waals surface area contributed by atoms with E-state index in [1.165, 1.54) is 7.05 Å². The number of aliphatic hydroxyl groups excluding tert-OH is 1. The van der Waals surface area contributed by atoms with Gasteiger partial charge in [0.25, 0.3) is 0 Å². The molecule has 0 radical (unpaired) electrons. The van der Waals surface area contributed by atoms with E-state index < -0.39 is 12.1 Å². The van der Waals surface area contributed by atoms with Gasteiger partial charge in [0, 0.05) is 26.2 Å². The molecule has 3 N–H and O–H groups in total. The van der Waals surface area contributed by atoms with Crippen molar-refractivity contribution in [1.29, 1.82) is 0 Å². The van der Waals surface area contributed by atoms with Crippen LogP contribution in [0.1, 0.15) is 27.2 Å². The van der Waals surface area contributed by atoms with Gasteiger partial charge in [-0.15, -0.1) is 0 Å². The standard InChI is InChI=1S/C11H23N3O3/c1-8(2)14(6-5-7-15)9(3)10(16)13-11(17)12-4/h8-9,15H,5-7H2,1-4H3,(H2,12,13,16,17). The molecule has 0 aliphatic heterocycles. The monoisotopic (exact) mass is 245 g/mol. The number of amides is 3. The average Bonchev–Trinajstić information content (AvgIpc) is 2.28. The largest absolute Gasteiger partial charge is 0.396 e. The quantitative estimate of drug-likeness (QED) is 0.611. The molecule has 0 spiro atoms. The molecular weight excluding hydrogens is 222 g/mol. The van der Waals surface area contributed by atoms with Crippen LogP contribution in [0.2, 0.25) is 0 Å². The highest BCUT2D eigenvalue weighted by Crippen LogP contribution is 2.06. The zero-order valence-corrected chi connectivity index (χ0v) is 11.0. The van der Waals surface area contributed by atoms with Crippen LogP contribution in [0.3, 0.4) is 0 Å². The molecule has 0 aromatic carbocycles. The fourth-order valence-corrected chi connectivity index (χ4v) is 1.58. The van der Waals surface area contributed by atoms with Crippen LogP contribution >= 0.6 is 0 Å². The highest BCUT2D eigenvalue weighted by molar-refractivity contribution is 5.96. The molecule has 17 heavy (non-hydrogen) atoms. The second-order valence-electron chi connectivity index (χ2n) is 4.15. The SMILES string of the molecule is CNC(=O)NC(=O)C(C)N(CCCO)C(C)C. The minimum absolute atomic E-state index is 0.0903. The number of aliphatic hydroxyl groups is 1. The Hall–Kier alpha value is -1.14. The van der Waals surface area contributed by atoms with E-state index in [2.05, 4.69) is 10.6 Å². The molecule has 0 aromatic rings. The van der Waals surface area contributed by atoms with Crippen LogP contribution in [-0.2, 0) is 4.79 Å². The first-order chi connectivity index (χ1) is 7.93. The van der Waals surface area contributed by atoms with Crippen LogP contribution in [0.25, 0.3) is 0 Å². The Balaban J connectivity index is 4.43. The average molecular weight is 245 g/mol. The lowest BCUT2D eigenvalue weighted by Gasteiger charge is -2.31. The van der Waals surface area contributed by atoms with Crippen LogP contribution in [0, 0.1) is 0 Å². The van der Waals surface area contributed by atoms with E-state index in [0.717, 1.165) is 0 Å². The summed E-state index contributed by atoms with van der Waals surface area (Å²) in [6.45, 7) is 6.40. The van der Waals surface area contributed by atoms with Crippen LogP contribution in [0.5, 0.6) is 0 Å². The van der Waals surface area contributed by atoms with Crippen molar-refractivity contribution in [3.63, 3.8) is 0 Å². The van der Waals surface area contributed by atoms with Gasteiger partial charge in [0.05, 0.1) is 6.04 Å². The van der Waals surface area contributed by atoms with E-state index in [0.29, 0.717) is 13.0 Å². The predicted octanol–water partition coefficient (Wildman–Crippen LogP) is -0.0767. The molecule has 6 nitrogen and oxygen atoms in total. The van der Waals surface area contributed by atoms with Crippen molar-refractivity contribution in [3.8, 4) is 0 Å². The normalized spacial score (nSPS) is 12.6. The molecular formula is C11H23N3O3. The Morgan fingerprint density at radius 2 is 1.88 bits per heavy atom. The first-order valence-electron chi connectivity index (χ1n) is 5.83. The van der Waals surface area contributed by atoms with E-state index in [4.69, 9.17) is 5.11 Å². The van der Waals surface area contributed by atoms with Gasteiger partial charge < -0.3 is 10.4 Å². The number of carbonyl (C=O) groups excluding carboxylic acids is 2. The zero-order chi connectivity index (χ0) is 13.4. The van der Waals surface area contributed by atoms with Gasteiger partial charge in [-0.3, -0.25) is 15.0 Å². The topological polar surface area (TPSA) is 81.7 Å². The van der Waals surface area contributed by atoms with E-state index in [1.807, 2.05) is 18.7 Å². The fraction of sp³-hybridized carbons (Fsp3) is 0.818. The van der Waals surface area contributed by atoms with Gasteiger partial charge in [-0.05, 0) is 27.2 Å². The first-order valence-corrected chi connectivity index (χ1v) is 5.83. The fourth-order valence-electron chi connectivity index (χ4n) is 1.58. The van der Waals surface area contributed by atoms with Crippen molar-refractivity contribution in [2.24, 2.45) is 0 Å². The van der Waals surface area contributed by atoms with Gasteiger partial charge in [-0.1, -0.05) is 0 Å². The number of carbonyl (C=O) groups is 2. The maximum Gasteiger partial charge on any atom is 0.321 e. The van der Waals surface area contributed by atoms with Gasteiger partial charge in [0.15, 0.2) is 0 Å². The summed E-state index contributed by atoms with van der Waals surface area (Å²) in [5.41, 5.74) is 0. The number of imide groups is 1. The lowest BCUT2D eigenvalue weighted by atomic mass is 10.2. The van der Waals surface area contributed by atoms with Gasteiger partial charge in [-0.2, -0.15) is 0 Å². The van der Waals surface area contributed by atoms with Gasteiger partial charge in [-0.25, -0.2) is 4.79 Å². The summed E-state index contributed by atoms with van der Waals surface area (Å²) in [5, 5.41) is 13.4. The van der Waals surface area contributed by atoms with Crippen molar-refractivity contribution >= 4 is 11.9 Å². The predicted molar refractivity (Wildman–Crippen MR) is 65.6 cm³/mol. The molecule has 0 rings (SSSR count). The molecule has 6 heteroatoms. The van der Waals surface area contributed by atoms with Crippen molar-refractivity contribution in [1.82, 2.24) is 15.5 Å². The summed E-state index contributed by atoms with van der Waals surface area (Å²) in [5.74, 6) is -0.337.